The van der Waals surface area contributed by atoms with Crippen LogP contribution in [0.3, 0.4) is 0 Å². The van der Waals surface area contributed by atoms with Crippen molar-refractivity contribution in [1.29, 1.82) is 0 Å². The average molecular weight is 326 g/mol. The van der Waals surface area contributed by atoms with Gasteiger partial charge in [-0.25, -0.2) is 4.79 Å². The number of rotatable bonds is 3. The van der Waals surface area contributed by atoms with Crippen molar-refractivity contribution in [2.24, 2.45) is 0 Å². The van der Waals surface area contributed by atoms with Crippen LogP contribution in [-0.4, -0.2) is 63.7 Å². The largest absolute Gasteiger partial charge is 0.429 e. The number of ether oxygens (including phenoxy) is 2. The van der Waals surface area contributed by atoms with Crippen molar-refractivity contribution in [2.75, 3.05) is 6.61 Å². The summed E-state index contributed by atoms with van der Waals surface area (Å²) in [4.78, 5) is 12.4. The Balaban J connectivity index is 2.20. The molecule has 1 aliphatic heterocycles. The summed E-state index contributed by atoms with van der Waals surface area (Å²) in [6.07, 6.45) is -7.28. The lowest BCUT2D eigenvalue weighted by Gasteiger charge is -2.39. The van der Waals surface area contributed by atoms with Gasteiger partial charge in [0.1, 0.15) is 24.4 Å². The maximum atomic E-state index is 12.4. The van der Waals surface area contributed by atoms with Gasteiger partial charge in [-0.1, -0.05) is 17.7 Å². The van der Waals surface area contributed by atoms with Gasteiger partial charge in [-0.3, -0.25) is 0 Å². The summed E-state index contributed by atoms with van der Waals surface area (Å²) < 4.78 is 10.3. The van der Waals surface area contributed by atoms with E-state index in [0.717, 1.165) is 16.7 Å². The lowest BCUT2D eigenvalue weighted by molar-refractivity contribution is -0.285. The molecule has 5 atom stereocenters. The highest BCUT2D eigenvalue weighted by Gasteiger charge is 2.45. The van der Waals surface area contributed by atoms with Crippen LogP contribution >= 0.6 is 0 Å². The molecular weight excluding hydrogens is 304 g/mol. The maximum Gasteiger partial charge on any atom is 0.341 e. The Labute approximate surface area is 134 Å². The third kappa shape index (κ3) is 3.54. The molecule has 7 heteroatoms. The summed E-state index contributed by atoms with van der Waals surface area (Å²) in [7, 11) is 0. The molecule has 4 N–H and O–H groups in total. The van der Waals surface area contributed by atoms with E-state index in [0.29, 0.717) is 5.56 Å². The molecule has 1 aromatic rings. The SMILES string of the molecule is Cc1cc(C)c(C(=O)OC2O[C@H](CO)[C@@H](O)[C@H](O)[C@H]2O)c(C)c1. The van der Waals surface area contributed by atoms with E-state index in [9.17, 15) is 20.1 Å². The van der Waals surface area contributed by atoms with Crippen molar-refractivity contribution < 1.29 is 34.7 Å². The van der Waals surface area contributed by atoms with Crippen LogP contribution in [0.2, 0.25) is 0 Å². The number of esters is 1. The standard InChI is InChI=1S/C16H22O7/c1-7-4-8(2)11(9(3)5-7)15(21)23-16-14(20)13(19)12(18)10(6-17)22-16/h4-5,10,12-14,16-20H,6H2,1-3H3/t10-,12-,13+,14-,16?/m1/s1. The van der Waals surface area contributed by atoms with E-state index in [1.54, 1.807) is 13.8 Å². The highest BCUT2D eigenvalue weighted by Crippen LogP contribution is 2.24. The van der Waals surface area contributed by atoms with E-state index in [2.05, 4.69) is 0 Å². The Morgan fingerprint density at radius 1 is 1.09 bits per heavy atom. The van der Waals surface area contributed by atoms with E-state index >= 15 is 0 Å². The molecule has 0 spiro atoms. The molecule has 1 unspecified atom stereocenters. The minimum absolute atomic E-state index is 0.354. The van der Waals surface area contributed by atoms with Gasteiger partial charge in [-0.2, -0.15) is 0 Å². The second-order valence-electron chi connectivity index (χ2n) is 5.88. The first kappa shape index (κ1) is 17.8. The molecule has 0 amide bonds. The van der Waals surface area contributed by atoms with Crippen molar-refractivity contribution in [2.45, 2.75) is 51.5 Å². The van der Waals surface area contributed by atoms with Gasteiger partial charge in [0.2, 0.25) is 6.29 Å². The predicted molar refractivity (Wildman–Crippen MR) is 79.8 cm³/mol. The Bertz CT molecular complexity index is 561. The number of hydrogen-bond acceptors (Lipinski definition) is 7. The highest BCUT2D eigenvalue weighted by molar-refractivity contribution is 5.92. The van der Waals surface area contributed by atoms with E-state index in [4.69, 9.17) is 14.6 Å². The number of aliphatic hydroxyl groups excluding tert-OH is 4. The maximum absolute atomic E-state index is 12.4. The molecule has 2 rings (SSSR count). The summed E-state index contributed by atoms with van der Waals surface area (Å²) in [5, 5.41) is 38.5. The fraction of sp³-hybridized carbons (Fsp3) is 0.562. The van der Waals surface area contributed by atoms with Gasteiger partial charge in [0.25, 0.3) is 0 Å². The quantitative estimate of drug-likeness (QED) is 0.557. The molecule has 128 valence electrons. The molecule has 1 saturated heterocycles. The smallest absolute Gasteiger partial charge is 0.341 e. The molecule has 0 radical (unpaired) electrons. The lowest BCUT2D eigenvalue weighted by Crippen LogP contribution is -2.59. The minimum Gasteiger partial charge on any atom is -0.429 e. The minimum atomic E-state index is -1.61. The summed E-state index contributed by atoms with van der Waals surface area (Å²) >= 11 is 0. The normalized spacial score (nSPS) is 31.0. The number of carbonyl (C=O) groups is 1. The third-order valence-corrected chi connectivity index (χ3v) is 3.95. The fourth-order valence-electron chi connectivity index (χ4n) is 2.83. The number of aryl methyl sites for hydroxylation is 3. The number of benzene rings is 1. The van der Waals surface area contributed by atoms with Crippen molar-refractivity contribution in [3.05, 3.63) is 34.4 Å². The van der Waals surface area contributed by atoms with Gasteiger partial charge in [0, 0.05) is 0 Å². The van der Waals surface area contributed by atoms with Gasteiger partial charge in [-0.15, -0.1) is 0 Å². The number of carbonyl (C=O) groups excluding carboxylic acids is 1. The van der Waals surface area contributed by atoms with Crippen LogP contribution in [0.1, 0.15) is 27.0 Å². The molecule has 0 aromatic heterocycles. The van der Waals surface area contributed by atoms with Gasteiger partial charge >= 0.3 is 5.97 Å². The van der Waals surface area contributed by atoms with Gasteiger partial charge in [-0.05, 0) is 31.9 Å². The zero-order chi connectivity index (χ0) is 17.3. The van der Waals surface area contributed by atoms with Gasteiger partial charge in [0.15, 0.2) is 0 Å². The first-order chi connectivity index (χ1) is 10.8. The number of aliphatic hydroxyl groups is 4. The molecular formula is C16H22O7. The Hall–Kier alpha value is -1.51. The number of hydrogen-bond donors (Lipinski definition) is 4. The van der Waals surface area contributed by atoms with Crippen LogP contribution in [0.5, 0.6) is 0 Å². The van der Waals surface area contributed by atoms with Crippen LogP contribution in [0.4, 0.5) is 0 Å². The van der Waals surface area contributed by atoms with E-state index < -0.39 is 43.3 Å². The molecule has 1 aliphatic rings. The Morgan fingerprint density at radius 3 is 2.17 bits per heavy atom. The first-order valence-electron chi connectivity index (χ1n) is 7.35. The molecule has 1 heterocycles. The van der Waals surface area contributed by atoms with Crippen LogP contribution in [0, 0.1) is 20.8 Å². The highest BCUT2D eigenvalue weighted by atomic mass is 16.7. The molecule has 1 fully saturated rings. The summed E-state index contributed by atoms with van der Waals surface area (Å²) in [6, 6.07) is 3.66. The Morgan fingerprint density at radius 2 is 1.65 bits per heavy atom. The van der Waals surface area contributed by atoms with Crippen LogP contribution in [-0.2, 0) is 9.47 Å². The average Bonchev–Trinajstić information content (AvgIpc) is 2.46. The Kier molecular flexibility index (Phi) is 5.38. The van der Waals surface area contributed by atoms with Crippen molar-refractivity contribution >= 4 is 5.97 Å². The van der Waals surface area contributed by atoms with Crippen LogP contribution in [0.25, 0.3) is 0 Å². The molecule has 0 aliphatic carbocycles. The van der Waals surface area contributed by atoms with Crippen molar-refractivity contribution in [1.82, 2.24) is 0 Å². The van der Waals surface area contributed by atoms with Gasteiger partial charge < -0.3 is 29.9 Å². The predicted octanol–water partition coefficient (Wildman–Crippen LogP) is -0.431. The van der Waals surface area contributed by atoms with Crippen molar-refractivity contribution in [3.8, 4) is 0 Å². The second-order valence-corrected chi connectivity index (χ2v) is 5.88. The molecule has 0 bridgehead atoms. The molecule has 7 nitrogen and oxygen atoms in total. The van der Waals surface area contributed by atoms with Crippen LogP contribution in [0.15, 0.2) is 12.1 Å². The fourth-order valence-corrected chi connectivity index (χ4v) is 2.83. The van der Waals surface area contributed by atoms with Crippen molar-refractivity contribution in [3.63, 3.8) is 0 Å². The zero-order valence-electron chi connectivity index (χ0n) is 13.3. The van der Waals surface area contributed by atoms with Crippen LogP contribution < -0.4 is 0 Å². The zero-order valence-corrected chi connectivity index (χ0v) is 13.3. The molecule has 0 saturated carbocycles. The van der Waals surface area contributed by atoms with E-state index in [-0.39, 0.29) is 0 Å². The lowest BCUT2D eigenvalue weighted by atomic mass is 9.98. The molecule has 1 aromatic carbocycles. The van der Waals surface area contributed by atoms with E-state index in [1.807, 2.05) is 19.1 Å². The summed E-state index contributed by atoms with van der Waals surface area (Å²) in [5.41, 5.74) is 2.80. The summed E-state index contributed by atoms with van der Waals surface area (Å²) in [5.74, 6) is -0.704. The molecule has 23 heavy (non-hydrogen) atoms. The topological polar surface area (TPSA) is 116 Å². The van der Waals surface area contributed by atoms with E-state index in [1.165, 1.54) is 0 Å². The monoisotopic (exact) mass is 326 g/mol. The first-order valence-corrected chi connectivity index (χ1v) is 7.35. The summed E-state index contributed by atoms with van der Waals surface area (Å²) in [6.45, 7) is 4.86. The third-order valence-electron chi connectivity index (χ3n) is 3.95. The van der Waals surface area contributed by atoms with Gasteiger partial charge in [0.05, 0.1) is 12.2 Å². The second kappa shape index (κ2) is 6.94.